The Balaban J connectivity index is 1.83. The standard InChI is InChI=1S/C28H23NO/c1-28(2,3)22-14-9-13-19-20-16-17-24-25(27(20)30-26(19)22)21-12-7-8-15-23(21)29(24)18-10-5-4-6-11-18/h4-17H,1-3H3. The lowest BCUT2D eigenvalue weighted by Gasteiger charge is -2.18. The van der Waals surface area contributed by atoms with Gasteiger partial charge in [0.05, 0.1) is 16.4 Å². The van der Waals surface area contributed by atoms with Crippen LogP contribution in [-0.4, -0.2) is 4.57 Å². The Hall–Kier alpha value is -3.52. The molecular formula is C28H23NO. The van der Waals surface area contributed by atoms with Gasteiger partial charge in [0.2, 0.25) is 0 Å². The summed E-state index contributed by atoms with van der Waals surface area (Å²) < 4.78 is 9.00. The minimum absolute atomic E-state index is 0.0184. The van der Waals surface area contributed by atoms with Gasteiger partial charge in [-0.05, 0) is 35.7 Å². The van der Waals surface area contributed by atoms with E-state index < -0.39 is 0 Å². The van der Waals surface area contributed by atoms with Crippen molar-refractivity contribution in [1.82, 2.24) is 4.57 Å². The molecule has 2 aromatic heterocycles. The second-order valence-corrected chi connectivity index (χ2v) is 9.06. The fourth-order valence-corrected chi connectivity index (χ4v) is 4.75. The Morgan fingerprint density at radius 3 is 2.10 bits per heavy atom. The summed E-state index contributed by atoms with van der Waals surface area (Å²) in [6.07, 6.45) is 0. The molecule has 2 heterocycles. The van der Waals surface area contributed by atoms with E-state index in [0.29, 0.717) is 0 Å². The van der Waals surface area contributed by atoms with Gasteiger partial charge in [0.1, 0.15) is 11.2 Å². The van der Waals surface area contributed by atoms with Crippen LogP contribution in [0, 0.1) is 0 Å². The van der Waals surface area contributed by atoms with Crippen LogP contribution in [-0.2, 0) is 5.41 Å². The van der Waals surface area contributed by atoms with Gasteiger partial charge in [-0.3, -0.25) is 0 Å². The van der Waals surface area contributed by atoms with E-state index in [1.54, 1.807) is 0 Å². The van der Waals surface area contributed by atoms with Gasteiger partial charge >= 0.3 is 0 Å². The summed E-state index contributed by atoms with van der Waals surface area (Å²) in [4.78, 5) is 0. The zero-order valence-electron chi connectivity index (χ0n) is 17.4. The monoisotopic (exact) mass is 389 g/mol. The molecule has 0 spiro atoms. The van der Waals surface area contributed by atoms with Crippen molar-refractivity contribution in [2.45, 2.75) is 26.2 Å². The van der Waals surface area contributed by atoms with Crippen LogP contribution in [0.2, 0.25) is 0 Å². The molecule has 4 aromatic carbocycles. The van der Waals surface area contributed by atoms with Crippen molar-refractivity contribution in [3.05, 3.63) is 90.5 Å². The Bertz CT molecular complexity index is 1560. The Kier molecular flexibility index (Phi) is 3.47. The van der Waals surface area contributed by atoms with Crippen LogP contribution in [0.25, 0.3) is 49.4 Å². The first-order chi connectivity index (χ1) is 14.5. The highest BCUT2D eigenvalue weighted by molar-refractivity contribution is 6.24. The molecular weight excluding hydrogens is 366 g/mol. The fraction of sp³-hybridized carbons (Fsp3) is 0.143. The summed E-state index contributed by atoms with van der Waals surface area (Å²) in [7, 11) is 0. The van der Waals surface area contributed by atoms with Crippen molar-refractivity contribution >= 4 is 43.7 Å². The van der Waals surface area contributed by atoms with Crippen LogP contribution >= 0.6 is 0 Å². The zero-order chi connectivity index (χ0) is 20.5. The Morgan fingerprint density at radius 2 is 1.30 bits per heavy atom. The third-order valence-corrected chi connectivity index (χ3v) is 6.12. The van der Waals surface area contributed by atoms with Gasteiger partial charge in [0.15, 0.2) is 0 Å². The highest BCUT2D eigenvalue weighted by atomic mass is 16.3. The lowest BCUT2D eigenvalue weighted by Crippen LogP contribution is -2.10. The van der Waals surface area contributed by atoms with Crippen molar-refractivity contribution in [1.29, 1.82) is 0 Å². The average molecular weight is 389 g/mol. The van der Waals surface area contributed by atoms with Gasteiger partial charge in [-0.25, -0.2) is 0 Å². The van der Waals surface area contributed by atoms with E-state index in [0.717, 1.165) is 16.9 Å². The van der Waals surface area contributed by atoms with Crippen molar-refractivity contribution in [2.24, 2.45) is 0 Å². The Morgan fingerprint density at radius 1 is 0.600 bits per heavy atom. The number of hydrogen-bond acceptors (Lipinski definition) is 1. The van der Waals surface area contributed by atoms with Crippen LogP contribution in [0.3, 0.4) is 0 Å². The smallest absolute Gasteiger partial charge is 0.145 e. The molecule has 0 aliphatic heterocycles. The highest BCUT2D eigenvalue weighted by Crippen LogP contribution is 2.42. The van der Waals surface area contributed by atoms with Crippen molar-refractivity contribution in [3.8, 4) is 5.69 Å². The van der Waals surface area contributed by atoms with E-state index in [-0.39, 0.29) is 5.41 Å². The molecule has 0 radical (unpaired) electrons. The molecule has 0 atom stereocenters. The molecule has 146 valence electrons. The summed E-state index contributed by atoms with van der Waals surface area (Å²) in [5, 5.41) is 4.77. The fourth-order valence-electron chi connectivity index (χ4n) is 4.75. The first kappa shape index (κ1) is 17.3. The second kappa shape index (κ2) is 5.99. The second-order valence-electron chi connectivity index (χ2n) is 9.06. The first-order valence-electron chi connectivity index (χ1n) is 10.5. The number of para-hydroxylation sites is 3. The van der Waals surface area contributed by atoms with Gasteiger partial charge in [0.25, 0.3) is 0 Å². The predicted octanol–water partition coefficient (Wildman–Crippen LogP) is 7.98. The quantitative estimate of drug-likeness (QED) is 0.279. The number of fused-ring (bicyclic) bond motifs is 7. The van der Waals surface area contributed by atoms with Crippen molar-refractivity contribution < 1.29 is 4.42 Å². The molecule has 0 fully saturated rings. The van der Waals surface area contributed by atoms with E-state index in [1.165, 1.54) is 38.1 Å². The van der Waals surface area contributed by atoms with Gasteiger partial charge in [-0.1, -0.05) is 75.4 Å². The number of hydrogen-bond donors (Lipinski definition) is 0. The molecule has 6 rings (SSSR count). The molecule has 6 aromatic rings. The van der Waals surface area contributed by atoms with E-state index in [4.69, 9.17) is 4.42 Å². The van der Waals surface area contributed by atoms with Crippen LogP contribution in [0.5, 0.6) is 0 Å². The van der Waals surface area contributed by atoms with E-state index in [1.807, 2.05) is 0 Å². The van der Waals surface area contributed by atoms with Gasteiger partial charge in [0, 0.05) is 27.4 Å². The van der Waals surface area contributed by atoms with E-state index in [9.17, 15) is 0 Å². The number of furan rings is 1. The molecule has 2 nitrogen and oxygen atoms in total. The maximum Gasteiger partial charge on any atom is 0.145 e. The maximum atomic E-state index is 6.67. The lowest BCUT2D eigenvalue weighted by atomic mass is 9.86. The SMILES string of the molecule is CC(C)(C)c1cccc2c1oc1c2ccc2c1c1ccccc1n2-c1ccccc1. The van der Waals surface area contributed by atoms with Crippen LogP contribution in [0.4, 0.5) is 0 Å². The number of rotatable bonds is 1. The molecule has 30 heavy (non-hydrogen) atoms. The summed E-state index contributed by atoms with van der Waals surface area (Å²) in [5.41, 5.74) is 6.78. The van der Waals surface area contributed by atoms with Crippen LogP contribution in [0.1, 0.15) is 26.3 Å². The zero-order valence-corrected chi connectivity index (χ0v) is 17.4. The highest BCUT2D eigenvalue weighted by Gasteiger charge is 2.23. The maximum absolute atomic E-state index is 6.67. The molecule has 2 heteroatoms. The normalized spacial score (nSPS) is 12.5. The minimum atomic E-state index is 0.0184. The predicted molar refractivity (Wildman–Crippen MR) is 127 cm³/mol. The topological polar surface area (TPSA) is 18.1 Å². The molecule has 0 unspecified atom stereocenters. The van der Waals surface area contributed by atoms with E-state index in [2.05, 4.69) is 110 Å². The summed E-state index contributed by atoms with van der Waals surface area (Å²) in [6.45, 7) is 6.73. The van der Waals surface area contributed by atoms with Gasteiger partial charge in [-0.2, -0.15) is 0 Å². The molecule has 0 N–H and O–H groups in total. The van der Waals surface area contributed by atoms with Crippen molar-refractivity contribution in [3.63, 3.8) is 0 Å². The van der Waals surface area contributed by atoms with E-state index >= 15 is 0 Å². The summed E-state index contributed by atoms with van der Waals surface area (Å²) in [6, 6.07) is 30.1. The molecule has 0 bridgehead atoms. The van der Waals surface area contributed by atoms with Crippen LogP contribution < -0.4 is 0 Å². The summed E-state index contributed by atoms with van der Waals surface area (Å²) in [5.74, 6) is 0. The number of nitrogens with zero attached hydrogens (tertiary/aromatic N) is 1. The molecule has 0 aliphatic carbocycles. The number of aromatic nitrogens is 1. The lowest BCUT2D eigenvalue weighted by molar-refractivity contribution is 0.573. The Labute approximate surface area is 175 Å². The average Bonchev–Trinajstić information content (AvgIpc) is 3.29. The molecule has 0 aliphatic rings. The number of benzene rings is 4. The largest absolute Gasteiger partial charge is 0.455 e. The summed E-state index contributed by atoms with van der Waals surface area (Å²) >= 11 is 0. The van der Waals surface area contributed by atoms with Gasteiger partial charge < -0.3 is 8.98 Å². The molecule has 0 saturated heterocycles. The minimum Gasteiger partial charge on any atom is -0.455 e. The third kappa shape index (κ3) is 2.31. The molecule has 0 saturated carbocycles. The van der Waals surface area contributed by atoms with Crippen LogP contribution in [0.15, 0.2) is 89.3 Å². The molecule has 0 amide bonds. The van der Waals surface area contributed by atoms with Crippen molar-refractivity contribution in [2.75, 3.05) is 0 Å². The first-order valence-corrected chi connectivity index (χ1v) is 10.5. The third-order valence-electron chi connectivity index (χ3n) is 6.12. The van der Waals surface area contributed by atoms with Gasteiger partial charge in [-0.15, -0.1) is 0 Å².